The van der Waals surface area contributed by atoms with Crippen LogP contribution in [-0.4, -0.2) is 22.3 Å². The van der Waals surface area contributed by atoms with Crippen molar-refractivity contribution in [3.63, 3.8) is 0 Å². The van der Waals surface area contributed by atoms with Crippen molar-refractivity contribution < 1.29 is 4.79 Å². The number of benzene rings is 1. The maximum Gasteiger partial charge on any atom is 0.258 e. The lowest BCUT2D eigenvalue weighted by molar-refractivity contribution is -0.112. The summed E-state index contributed by atoms with van der Waals surface area (Å²) in [5, 5.41) is 0.388. The molecule has 1 aromatic carbocycles. The molecule has 108 valence electrons. The Balaban J connectivity index is 1.96. The van der Waals surface area contributed by atoms with Crippen molar-refractivity contribution >= 4 is 40.5 Å². The van der Waals surface area contributed by atoms with Gasteiger partial charge in [0.25, 0.3) is 5.91 Å². The highest BCUT2D eigenvalue weighted by atomic mass is 35.5. The lowest BCUT2D eigenvalue weighted by atomic mass is 10.1. The van der Waals surface area contributed by atoms with Crippen LogP contribution in [-0.2, 0) is 4.79 Å². The van der Waals surface area contributed by atoms with E-state index in [0.29, 0.717) is 16.4 Å². The number of aromatic nitrogens is 2. The van der Waals surface area contributed by atoms with Gasteiger partial charge < -0.3 is 4.90 Å². The van der Waals surface area contributed by atoms with E-state index in [9.17, 15) is 4.79 Å². The highest BCUT2D eigenvalue weighted by molar-refractivity contribution is 6.37. The lowest BCUT2D eigenvalue weighted by Gasteiger charge is -2.07. The molecule has 0 radical (unpaired) electrons. The molecule has 0 saturated heterocycles. The number of amides is 1. The maximum absolute atomic E-state index is 12.5. The summed E-state index contributed by atoms with van der Waals surface area (Å²) in [6.07, 6.45) is 3.70. The Hall–Kier alpha value is -2.59. The van der Waals surface area contributed by atoms with Crippen molar-refractivity contribution in [1.82, 2.24) is 9.38 Å². The van der Waals surface area contributed by atoms with Crippen LogP contribution < -0.4 is 4.90 Å². The third kappa shape index (κ3) is 1.77. The molecular weight excluding hydrogens is 298 g/mol. The molecule has 4 nitrogen and oxygen atoms in total. The van der Waals surface area contributed by atoms with E-state index in [2.05, 4.69) is 4.98 Å². The van der Waals surface area contributed by atoms with E-state index in [1.165, 1.54) is 0 Å². The van der Waals surface area contributed by atoms with Crippen LogP contribution in [0.3, 0.4) is 0 Å². The summed E-state index contributed by atoms with van der Waals surface area (Å²) in [7, 11) is 1.78. The van der Waals surface area contributed by atoms with Gasteiger partial charge in [0.2, 0.25) is 0 Å². The van der Waals surface area contributed by atoms with E-state index in [0.717, 1.165) is 16.9 Å². The normalized spacial score (nSPS) is 15.8. The van der Waals surface area contributed by atoms with Crippen LogP contribution in [0.1, 0.15) is 11.3 Å². The Labute approximate surface area is 132 Å². The summed E-state index contributed by atoms with van der Waals surface area (Å²) in [5.74, 6) is -0.0388. The summed E-state index contributed by atoms with van der Waals surface area (Å²) in [6, 6.07) is 13.4. The zero-order valence-corrected chi connectivity index (χ0v) is 12.6. The van der Waals surface area contributed by atoms with E-state index < -0.39 is 0 Å². The SMILES string of the molecule is CN1C(=O)C(=Cc2c(Cl)nc3ccccn23)c2ccccc21. The van der Waals surface area contributed by atoms with Crippen molar-refractivity contribution in [3.8, 4) is 0 Å². The number of likely N-dealkylation sites (N-methyl/N-ethyl adjacent to an activating group) is 1. The number of nitrogens with zero attached hydrogens (tertiary/aromatic N) is 3. The third-order valence-corrected chi connectivity index (χ3v) is 4.17. The fourth-order valence-electron chi connectivity index (χ4n) is 2.79. The van der Waals surface area contributed by atoms with Gasteiger partial charge in [0.1, 0.15) is 5.65 Å². The van der Waals surface area contributed by atoms with Crippen LogP contribution >= 0.6 is 11.6 Å². The molecule has 22 heavy (non-hydrogen) atoms. The Kier molecular flexibility index (Phi) is 2.81. The molecule has 0 saturated carbocycles. The van der Waals surface area contributed by atoms with E-state index in [1.54, 1.807) is 11.9 Å². The summed E-state index contributed by atoms with van der Waals surface area (Å²) in [5.41, 5.74) is 3.92. The topological polar surface area (TPSA) is 37.6 Å². The number of fused-ring (bicyclic) bond motifs is 2. The highest BCUT2D eigenvalue weighted by Crippen LogP contribution is 2.37. The lowest BCUT2D eigenvalue weighted by Crippen LogP contribution is -2.20. The number of rotatable bonds is 1. The largest absolute Gasteiger partial charge is 0.311 e. The molecule has 4 rings (SSSR count). The molecular formula is C17H12ClN3O. The molecule has 1 amide bonds. The van der Waals surface area contributed by atoms with Crippen LogP contribution in [0.15, 0.2) is 48.7 Å². The number of anilines is 1. The number of halogens is 1. The first kappa shape index (κ1) is 13.1. The summed E-state index contributed by atoms with van der Waals surface area (Å²) >= 11 is 6.26. The van der Waals surface area contributed by atoms with E-state index in [-0.39, 0.29) is 5.91 Å². The minimum absolute atomic E-state index is 0.0388. The number of imidazole rings is 1. The number of pyridine rings is 1. The summed E-state index contributed by atoms with van der Waals surface area (Å²) in [6.45, 7) is 0. The summed E-state index contributed by atoms with van der Waals surface area (Å²) in [4.78, 5) is 18.5. The monoisotopic (exact) mass is 309 g/mol. The number of carbonyl (C=O) groups excluding carboxylic acids is 1. The van der Waals surface area contributed by atoms with Gasteiger partial charge in [-0.2, -0.15) is 0 Å². The first-order valence-corrected chi connectivity index (χ1v) is 7.26. The third-order valence-electron chi connectivity index (χ3n) is 3.89. The Morgan fingerprint density at radius 3 is 2.77 bits per heavy atom. The number of hydrogen-bond acceptors (Lipinski definition) is 2. The van der Waals surface area contributed by atoms with Crippen molar-refractivity contribution in [1.29, 1.82) is 0 Å². The van der Waals surface area contributed by atoms with Crippen molar-refractivity contribution in [2.45, 2.75) is 0 Å². The van der Waals surface area contributed by atoms with Crippen LogP contribution in [0.5, 0.6) is 0 Å². The first-order chi connectivity index (χ1) is 10.7. The molecule has 0 bridgehead atoms. The number of carbonyl (C=O) groups is 1. The van der Waals surface area contributed by atoms with E-state index in [4.69, 9.17) is 11.6 Å². The fraction of sp³-hybridized carbons (Fsp3) is 0.0588. The molecule has 3 aromatic rings. The molecule has 0 fully saturated rings. The minimum Gasteiger partial charge on any atom is -0.311 e. The zero-order chi connectivity index (χ0) is 15.3. The molecule has 1 aliphatic heterocycles. The van der Waals surface area contributed by atoms with Gasteiger partial charge >= 0.3 is 0 Å². The van der Waals surface area contributed by atoms with Crippen molar-refractivity contribution in [3.05, 3.63) is 65.1 Å². The smallest absolute Gasteiger partial charge is 0.258 e. The molecule has 2 aromatic heterocycles. The van der Waals surface area contributed by atoms with Gasteiger partial charge in [0, 0.05) is 18.8 Å². The Bertz CT molecular complexity index is 942. The van der Waals surface area contributed by atoms with E-state index >= 15 is 0 Å². The molecule has 5 heteroatoms. The molecule has 0 spiro atoms. The van der Waals surface area contributed by atoms with Gasteiger partial charge in [-0.25, -0.2) is 4.98 Å². The van der Waals surface area contributed by atoms with Gasteiger partial charge in [0.05, 0.1) is 17.0 Å². The number of para-hydroxylation sites is 1. The zero-order valence-electron chi connectivity index (χ0n) is 11.8. The maximum atomic E-state index is 12.5. The standard InChI is InChI=1S/C17H12ClN3O/c1-20-13-7-3-2-6-11(13)12(17(20)22)10-14-16(18)19-15-8-4-5-9-21(14)15/h2-10H,1H3. The Morgan fingerprint density at radius 1 is 1.14 bits per heavy atom. The van der Waals surface area contributed by atoms with Gasteiger partial charge in [-0.15, -0.1) is 0 Å². The van der Waals surface area contributed by atoms with E-state index in [1.807, 2.05) is 59.1 Å². The molecule has 0 unspecified atom stereocenters. The Morgan fingerprint density at radius 2 is 1.91 bits per heavy atom. The molecule has 0 aliphatic carbocycles. The second kappa shape index (κ2) is 4.71. The predicted molar refractivity (Wildman–Crippen MR) is 87.9 cm³/mol. The van der Waals surface area contributed by atoms with Crippen LogP contribution in [0.2, 0.25) is 5.15 Å². The average molecular weight is 310 g/mol. The molecule has 0 atom stereocenters. The molecule has 1 aliphatic rings. The van der Waals surface area contributed by atoms with Gasteiger partial charge in [0.15, 0.2) is 5.15 Å². The summed E-state index contributed by atoms with van der Waals surface area (Å²) < 4.78 is 1.88. The van der Waals surface area contributed by atoms with Gasteiger partial charge in [-0.1, -0.05) is 35.9 Å². The molecule has 0 N–H and O–H groups in total. The second-order valence-electron chi connectivity index (χ2n) is 5.16. The van der Waals surface area contributed by atoms with Gasteiger partial charge in [-0.05, 0) is 24.3 Å². The van der Waals surface area contributed by atoms with Gasteiger partial charge in [-0.3, -0.25) is 9.20 Å². The second-order valence-corrected chi connectivity index (χ2v) is 5.51. The van der Waals surface area contributed by atoms with Crippen LogP contribution in [0.25, 0.3) is 17.3 Å². The number of hydrogen-bond donors (Lipinski definition) is 0. The first-order valence-electron chi connectivity index (χ1n) is 6.88. The minimum atomic E-state index is -0.0388. The predicted octanol–water partition coefficient (Wildman–Crippen LogP) is 3.50. The van der Waals surface area contributed by atoms with Crippen molar-refractivity contribution in [2.75, 3.05) is 11.9 Å². The molecule has 3 heterocycles. The highest BCUT2D eigenvalue weighted by Gasteiger charge is 2.29. The fourth-order valence-corrected chi connectivity index (χ4v) is 3.02. The van der Waals surface area contributed by atoms with Crippen molar-refractivity contribution in [2.24, 2.45) is 0 Å². The van der Waals surface area contributed by atoms with Crippen LogP contribution in [0.4, 0.5) is 5.69 Å². The van der Waals surface area contributed by atoms with Crippen LogP contribution in [0, 0.1) is 0 Å². The average Bonchev–Trinajstić information content (AvgIpc) is 2.98. The quantitative estimate of drug-likeness (QED) is 0.645.